The van der Waals surface area contributed by atoms with E-state index in [-0.39, 0.29) is 11.5 Å². The molecule has 2 aromatic heterocycles. The molecule has 0 spiro atoms. The third-order valence-corrected chi connectivity index (χ3v) is 5.19. The molecular weight excluding hydrogens is 380 g/mol. The van der Waals surface area contributed by atoms with Gasteiger partial charge in [-0.25, -0.2) is 4.79 Å². The number of nitrogens with zero attached hydrogens (tertiary/aromatic N) is 1. The fourth-order valence-corrected chi connectivity index (χ4v) is 3.54. The number of rotatable bonds is 5. The summed E-state index contributed by atoms with van der Waals surface area (Å²) in [7, 11) is 0. The zero-order chi connectivity index (χ0) is 21.3. The molecule has 7 heteroatoms. The molecular formula is C23H22N4O3. The van der Waals surface area contributed by atoms with Gasteiger partial charge >= 0.3 is 5.97 Å². The molecule has 7 nitrogen and oxygen atoms in total. The van der Waals surface area contributed by atoms with Crippen molar-refractivity contribution in [3.8, 4) is 5.75 Å². The van der Waals surface area contributed by atoms with Gasteiger partial charge < -0.3 is 9.84 Å². The number of nitrogens with one attached hydrogen (secondary N) is 3. The number of H-pyrrole nitrogens is 3. The number of carbonyl (C=O) groups is 1. The lowest BCUT2D eigenvalue weighted by Crippen LogP contribution is -2.15. The normalized spacial score (nSPS) is 12.0. The van der Waals surface area contributed by atoms with Gasteiger partial charge in [0.25, 0.3) is 5.56 Å². The van der Waals surface area contributed by atoms with Gasteiger partial charge in [0.05, 0.1) is 17.3 Å². The lowest BCUT2D eigenvalue weighted by molar-refractivity contribution is 0.0734. The first-order valence-corrected chi connectivity index (χ1v) is 9.60. The zero-order valence-corrected chi connectivity index (χ0v) is 16.9. The summed E-state index contributed by atoms with van der Waals surface area (Å²) in [6, 6.07) is 14.4. The molecule has 0 aliphatic heterocycles. The molecule has 0 fully saturated rings. The standard InChI is InChI=1S/C23H22N4O3/c1-13-4-6-17(7-5-13)23(29)30-18-10-8-16(9-11-18)21(19-12-24-25-14(19)2)20-15(3)26-27-22(20)28/h4-12,21H,1-3H3,(H,24,25)(H2,26,27,28)/t21-/m0/s1. The molecule has 0 bridgehead atoms. The van der Waals surface area contributed by atoms with Gasteiger partial charge in [-0.05, 0) is 50.6 Å². The maximum absolute atomic E-state index is 12.5. The summed E-state index contributed by atoms with van der Waals surface area (Å²) in [5.74, 6) is -0.282. The van der Waals surface area contributed by atoms with E-state index in [1.165, 1.54) is 0 Å². The summed E-state index contributed by atoms with van der Waals surface area (Å²) in [6.07, 6.45) is 1.73. The van der Waals surface area contributed by atoms with Crippen LogP contribution in [0.4, 0.5) is 0 Å². The second kappa shape index (κ2) is 7.87. The number of aromatic nitrogens is 4. The van der Waals surface area contributed by atoms with Crippen molar-refractivity contribution in [2.75, 3.05) is 0 Å². The van der Waals surface area contributed by atoms with E-state index in [2.05, 4.69) is 20.4 Å². The van der Waals surface area contributed by atoms with E-state index in [0.29, 0.717) is 16.9 Å². The molecule has 0 amide bonds. The van der Waals surface area contributed by atoms with Crippen LogP contribution in [0.1, 0.15) is 49.9 Å². The van der Waals surface area contributed by atoms with Crippen LogP contribution in [-0.2, 0) is 0 Å². The smallest absolute Gasteiger partial charge is 0.343 e. The fourth-order valence-electron chi connectivity index (χ4n) is 3.54. The predicted octanol–water partition coefficient (Wildman–Crippen LogP) is 3.75. The maximum Gasteiger partial charge on any atom is 0.343 e. The Hall–Kier alpha value is -3.87. The van der Waals surface area contributed by atoms with Crippen molar-refractivity contribution in [1.82, 2.24) is 20.4 Å². The lowest BCUT2D eigenvalue weighted by Gasteiger charge is -2.17. The Balaban J connectivity index is 1.65. The van der Waals surface area contributed by atoms with Crippen molar-refractivity contribution in [2.45, 2.75) is 26.7 Å². The molecule has 0 unspecified atom stereocenters. The highest BCUT2D eigenvalue weighted by molar-refractivity contribution is 5.91. The predicted molar refractivity (Wildman–Crippen MR) is 113 cm³/mol. The molecule has 30 heavy (non-hydrogen) atoms. The number of hydrogen-bond acceptors (Lipinski definition) is 4. The molecule has 0 aliphatic carbocycles. The third kappa shape index (κ3) is 3.69. The fraction of sp³-hybridized carbons (Fsp3) is 0.174. The van der Waals surface area contributed by atoms with Gasteiger partial charge in [0.2, 0.25) is 0 Å². The summed E-state index contributed by atoms with van der Waals surface area (Å²) in [4.78, 5) is 24.8. The van der Waals surface area contributed by atoms with Gasteiger partial charge in [-0.2, -0.15) is 5.10 Å². The molecule has 0 radical (unpaired) electrons. The van der Waals surface area contributed by atoms with Crippen LogP contribution < -0.4 is 10.3 Å². The van der Waals surface area contributed by atoms with Crippen LogP contribution in [-0.4, -0.2) is 26.4 Å². The van der Waals surface area contributed by atoms with Crippen molar-refractivity contribution in [3.63, 3.8) is 0 Å². The number of aromatic amines is 3. The molecule has 0 saturated carbocycles. The number of esters is 1. The molecule has 2 aromatic carbocycles. The zero-order valence-electron chi connectivity index (χ0n) is 16.9. The van der Waals surface area contributed by atoms with Gasteiger partial charge in [0.1, 0.15) is 5.75 Å². The molecule has 2 heterocycles. The Morgan fingerprint density at radius 1 is 0.933 bits per heavy atom. The Labute approximate surface area is 173 Å². The van der Waals surface area contributed by atoms with E-state index in [0.717, 1.165) is 28.1 Å². The number of ether oxygens (including phenoxy) is 1. The monoisotopic (exact) mass is 402 g/mol. The Morgan fingerprint density at radius 3 is 2.20 bits per heavy atom. The van der Waals surface area contributed by atoms with Crippen LogP contribution in [0.3, 0.4) is 0 Å². The first-order valence-electron chi connectivity index (χ1n) is 9.60. The van der Waals surface area contributed by atoms with E-state index < -0.39 is 5.97 Å². The van der Waals surface area contributed by atoms with Gasteiger partial charge in [-0.3, -0.25) is 15.0 Å². The van der Waals surface area contributed by atoms with Gasteiger partial charge in [0.15, 0.2) is 0 Å². The van der Waals surface area contributed by atoms with Crippen LogP contribution in [0, 0.1) is 20.8 Å². The minimum atomic E-state index is -0.414. The second-order valence-corrected chi connectivity index (χ2v) is 7.33. The Bertz CT molecular complexity index is 1230. The van der Waals surface area contributed by atoms with E-state index in [1.54, 1.807) is 30.5 Å². The SMILES string of the molecule is Cc1ccc(C(=O)Oc2ccc([C@@H](c3cn[nH]c3C)c3c(C)[nH][nH]c3=O)cc2)cc1. The van der Waals surface area contributed by atoms with Gasteiger partial charge in [0, 0.05) is 22.9 Å². The number of hydrogen-bond donors (Lipinski definition) is 3. The van der Waals surface area contributed by atoms with Gasteiger partial charge in [-0.1, -0.05) is 29.8 Å². The minimum absolute atomic E-state index is 0.173. The Kier molecular flexibility index (Phi) is 5.10. The summed E-state index contributed by atoms with van der Waals surface area (Å²) in [5.41, 5.74) is 5.47. The topological polar surface area (TPSA) is 104 Å². The van der Waals surface area contributed by atoms with Crippen LogP contribution in [0.2, 0.25) is 0 Å². The summed E-state index contributed by atoms with van der Waals surface area (Å²) < 4.78 is 5.50. The molecule has 0 saturated heterocycles. The maximum atomic E-state index is 12.5. The highest BCUT2D eigenvalue weighted by Crippen LogP contribution is 2.33. The summed E-state index contributed by atoms with van der Waals surface area (Å²) in [5, 5.41) is 12.6. The van der Waals surface area contributed by atoms with E-state index in [1.807, 2.05) is 45.0 Å². The van der Waals surface area contributed by atoms with E-state index >= 15 is 0 Å². The van der Waals surface area contributed by atoms with Crippen LogP contribution in [0.15, 0.2) is 59.5 Å². The number of benzene rings is 2. The minimum Gasteiger partial charge on any atom is -0.423 e. The van der Waals surface area contributed by atoms with Crippen molar-refractivity contribution in [2.24, 2.45) is 0 Å². The highest BCUT2D eigenvalue weighted by Gasteiger charge is 2.25. The number of carbonyl (C=O) groups excluding carboxylic acids is 1. The second-order valence-electron chi connectivity index (χ2n) is 7.33. The van der Waals surface area contributed by atoms with Crippen molar-refractivity contribution >= 4 is 5.97 Å². The average molecular weight is 402 g/mol. The molecule has 0 aliphatic rings. The first-order chi connectivity index (χ1) is 14.4. The van der Waals surface area contributed by atoms with Crippen molar-refractivity contribution in [1.29, 1.82) is 0 Å². The molecule has 4 aromatic rings. The molecule has 1 atom stereocenters. The van der Waals surface area contributed by atoms with Crippen LogP contribution in [0.5, 0.6) is 5.75 Å². The average Bonchev–Trinajstić information content (AvgIpc) is 3.30. The summed E-state index contributed by atoms with van der Waals surface area (Å²) in [6.45, 7) is 5.74. The van der Waals surface area contributed by atoms with Crippen LogP contribution in [0.25, 0.3) is 0 Å². The molecule has 3 N–H and O–H groups in total. The Morgan fingerprint density at radius 2 is 1.63 bits per heavy atom. The van der Waals surface area contributed by atoms with E-state index in [9.17, 15) is 9.59 Å². The summed E-state index contributed by atoms with van der Waals surface area (Å²) >= 11 is 0. The number of aryl methyl sites for hydroxylation is 3. The third-order valence-electron chi connectivity index (χ3n) is 5.19. The van der Waals surface area contributed by atoms with E-state index in [4.69, 9.17) is 4.74 Å². The molecule has 4 rings (SSSR count). The van der Waals surface area contributed by atoms with Gasteiger partial charge in [-0.15, -0.1) is 0 Å². The largest absolute Gasteiger partial charge is 0.423 e. The lowest BCUT2D eigenvalue weighted by atomic mass is 9.85. The highest BCUT2D eigenvalue weighted by atomic mass is 16.5. The first kappa shape index (κ1) is 19.4. The quantitative estimate of drug-likeness (QED) is 0.349. The van der Waals surface area contributed by atoms with Crippen molar-refractivity contribution < 1.29 is 9.53 Å². The van der Waals surface area contributed by atoms with Crippen LogP contribution >= 0.6 is 0 Å². The molecule has 152 valence electrons. The van der Waals surface area contributed by atoms with Crippen molar-refractivity contribution in [3.05, 3.63) is 104 Å².